The molecule has 7 nitrogen and oxygen atoms in total. The van der Waals surface area contributed by atoms with E-state index in [1.807, 2.05) is 27.7 Å². The summed E-state index contributed by atoms with van der Waals surface area (Å²) in [5, 5.41) is 0. The number of allylic oxidation sites excluding steroid dienone is 1. The van der Waals surface area contributed by atoms with E-state index < -0.39 is 51.2 Å². The molecule has 3 saturated carbocycles. The molecule has 1 aromatic rings. The predicted octanol–water partition coefficient (Wildman–Crippen LogP) is 4.19. The molecule has 0 saturated heterocycles. The van der Waals surface area contributed by atoms with Crippen LogP contribution in [0.4, 0.5) is 0 Å². The van der Waals surface area contributed by atoms with Gasteiger partial charge in [-0.1, -0.05) is 50.6 Å². The molecule has 0 unspecified atom stereocenters. The SMILES string of the molecule is C=C1C[C@@H]2C[C@@H]3[C@H]1[C@]2(C)[C@H](OC(C)=O)[C@H](OS(=O)(=O)c1ccc(C)cc1)[C@@H](OC(C)=O)C3(C)C. The van der Waals surface area contributed by atoms with Crippen LogP contribution in [-0.2, 0) is 33.4 Å². The fraction of sp³-hybridized carbons (Fsp3) is 0.615. The van der Waals surface area contributed by atoms with Crippen molar-refractivity contribution in [3.05, 3.63) is 42.0 Å². The molecule has 0 spiro atoms. The van der Waals surface area contributed by atoms with Crippen LogP contribution in [0.2, 0.25) is 0 Å². The zero-order chi connectivity index (χ0) is 25.2. The van der Waals surface area contributed by atoms with E-state index >= 15 is 0 Å². The second kappa shape index (κ2) is 8.19. The first-order valence-corrected chi connectivity index (χ1v) is 13.1. The van der Waals surface area contributed by atoms with Crippen molar-refractivity contribution in [2.24, 2.45) is 28.6 Å². The summed E-state index contributed by atoms with van der Waals surface area (Å²) < 4.78 is 44.5. The fourth-order valence-corrected chi connectivity index (χ4v) is 8.00. The number of hydrogen-bond donors (Lipinski definition) is 0. The van der Waals surface area contributed by atoms with Gasteiger partial charge in [0, 0.05) is 24.7 Å². The highest BCUT2D eigenvalue weighted by Crippen LogP contribution is 2.71. The molecule has 0 aliphatic heterocycles. The molecule has 0 amide bonds. The maximum absolute atomic E-state index is 13.4. The molecule has 3 fully saturated rings. The quantitative estimate of drug-likeness (QED) is 0.347. The molecule has 186 valence electrons. The van der Waals surface area contributed by atoms with Crippen molar-refractivity contribution in [1.29, 1.82) is 0 Å². The molecule has 0 radical (unpaired) electrons. The van der Waals surface area contributed by atoms with Gasteiger partial charge in [-0.05, 0) is 49.7 Å². The summed E-state index contributed by atoms with van der Waals surface area (Å²) in [6.07, 6.45) is -1.44. The van der Waals surface area contributed by atoms with Crippen molar-refractivity contribution < 1.29 is 31.7 Å². The summed E-state index contributed by atoms with van der Waals surface area (Å²) in [7, 11) is -4.26. The molecular formula is C26H34O7S. The number of esters is 2. The van der Waals surface area contributed by atoms with Gasteiger partial charge in [-0.3, -0.25) is 13.8 Å². The van der Waals surface area contributed by atoms with Crippen molar-refractivity contribution >= 4 is 22.1 Å². The number of rotatable bonds is 5. The van der Waals surface area contributed by atoms with Gasteiger partial charge in [0.25, 0.3) is 10.1 Å². The summed E-state index contributed by atoms with van der Waals surface area (Å²) >= 11 is 0. The highest BCUT2D eigenvalue weighted by atomic mass is 32.2. The summed E-state index contributed by atoms with van der Waals surface area (Å²) in [6, 6.07) is 6.34. The third kappa shape index (κ3) is 3.79. The highest BCUT2D eigenvalue weighted by molar-refractivity contribution is 7.86. The molecule has 1 aromatic carbocycles. The van der Waals surface area contributed by atoms with Crippen LogP contribution < -0.4 is 0 Å². The van der Waals surface area contributed by atoms with Gasteiger partial charge >= 0.3 is 11.9 Å². The van der Waals surface area contributed by atoms with Gasteiger partial charge in [0.05, 0.1) is 4.90 Å². The minimum Gasteiger partial charge on any atom is -0.459 e. The first-order valence-electron chi connectivity index (χ1n) is 11.7. The zero-order valence-electron chi connectivity index (χ0n) is 20.7. The van der Waals surface area contributed by atoms with Crippen molar-refractivity contribution in [1.82, 2.24) is 0 Å². The number of benzene rings is 1. The normalized spacial score (nSPS) is 36.1. The van der Waals surface area contributed by atoms with Gasteiger partial charge in [-0.2, -0.15) is 8.42 Å². The van der Waals surface area contributed by atoms with Crippen LogP contribution in [0.15, 0.2) is 41.3 Å². The Hall–Kier alpha value is -2.19. The Kier molecular flexibility index (Phi) is 6.00. The lowest BCUT2D eigenvalue weighted by atomic mass is 9.66. The van der Waals surface area contributed by atoms with Crippen LogP contribution in [0.1, 0.15) is 53.0 Å². The molecule has 0 N–H and O–H groups in total. The maximum atomic E-state index is 13.4. The minimum atomic E-state index is -4.26. The average Bonchev–Trinajstić information content (AvgIpc) is 3.14. The van der Waals surface area contributed by atoms with Gasteiger partial charge in [0.2, 0.25) is 0 Å². The number of carbonyl (C=O) groups excluding carboxylic acids is 2. The standard InChI is InChI=1S/C26H34O7S/c1-14-8-10-19(11-9-14)34(29,30)33-22-23(31-16(3)27)25(5,6)20-13-18-12-15(2)21(20)26(18,7)24(22)32-17(4)28/h8-11,18,20-24H,2,12-13H2,1,3-7H3/t18-,20-,21+,22-,23-,24-,26-/m1/s1. The van der Waals surface area contributed by atoms with E-state index in [1.54, 1.807) is 12.1 Å². The van der Waals surface area contributed by atoms with Gasteiger partial charge in [-0.15, -0.1) is 0 Å². The maximum Gasteiger partial charge on any atom is 0.303 e. The molecule has 4 bridgehead atoms. The Morgan fingerprint density at radius 1 is 1.00 bits per heavy atom. The molecule has 0 aromatic heterocycles. The van der Waals surface area contributed by atoms with E-state index in [2.05, 4.69) is 6.58 Å². The van der Waals surface area contributed by atoms with E-state index in [1.165, 1.54) is 26.0 Å². The van der Waals surface area contributed by atoms with Crippen molar-refractivity contribution in [2.45, 2.75) is 77.6 Å². The van der Waals surface area contributed by atoms with Crippen LogP contribution in [-0.4, -0.2) is 38.7 Å². The zero-order valence-corrected chi connectivity index (χ0v) is 21.5. The van der Waals surface area contributed by atoms with Gasteiger partial charge in [0.1, 0.15) is 12.2 Å². The molecule has 7 atom stereocenters. The fourth-order valence-electron chi connectivity index (χ4n) is 6.92. The first kappa shape index (κ1) is 24.9. The number of hydrogen-bond acceptors (Lipinski definition) is 7. The minimum absolute atomic E-state index is 0.00834. The Balaban J connectivity index is 1.89. The molecule has 34 heavy (non-hydrogen) atoms. The second-order valence-corrected chi connectivity index (χ2v) is 12.5. The van der Waals surface area contributed by atoms with Crippen LogP contribution in [0.5, 0.6) is 0 Å². The monoisotopic (exact) mass is 490 g/mol. The van der Waals surface area contributed by atoms with Gasteiger partial charge in [0.15, 0.2) is 6.10 Å². The Bertz CT molecular complexity index is 1120. The van der Waals surface area contributed by atoms with Crippen LogP contribution in [0.3, 0.4) is 0 Å². The summed E-state index contributed by atoms with van der Waals surface area (Å²) in [5.41, 5.74) is 0.730. The lowest BCUT2D eigenvalue weighted by Crippen LogP contribution is -2.56. The van der Waals surface area contributed by atoms with E-state index in [-0.39, 0.29) is 22.6 Å². The third-order valence-corrected chi connectivity index (χ3v) is 9.80. The van der Waals surface area contributed by atoms with Crippen LogP contribution in [0.25, 0.3) is 0 Å². The lowest BCUT2D eigenvalue weighted by Gasteiger charge is -2.46. The van der Waals surface area contributed by atoms with Crippen molar-refractivity contribution in [3.63, 3.8) is 0 Å². The summed E-state index contributed by atoms with van der Waals surface area (Å²) in [4.78, 5) is 24.5. The molecular weight excluding hydrogens is 456 g/mol. The molecule has 3 aliphatic carbocycles. The number of ether oxygens (including phenoxy) is 2. The molecule has 0 heterocycles. The average molecular weight is 491 g/mol. The second-order valence-electron chi connectivity index (χ2n) is 11.0. The van der Waals surface area contributed by atoms with Crippen LogP contribution >= 0.6 is 0 Å². The van der Waals surface area contributed by atoms with Crippen LogP contribution in [0, 0.1) is 35.5 Å². The largest absolute Gasteiger partial charge is 0.459 e. The van der Waals surface area contributed by atoms with Gasteiger partial charge in [-0.25, -0.2) is 0 Å². The summed E-state index contributed by atoms with van der Waals surface area (Å²) in [5.74, 6) is -0.868. The van der Waals surface area contributed by atoms with E-state index in [0.29, 0.717) is 0 Å². The summed E-state index contributed by atoms with van der Waals surface area (Å²) in [6.45, 7) is 14.8. The Morgan fingerprint density at radius 2 is 1.56 bits per heavy atom. The van der Waals surface area contributed by atoms with E-state index in [4.69, 9.17) is 13.7 Å². The van der Waals surface area contributed by atoms with Crippen molar-refractivity contribution in [2.75, 3.05) is 0 Å². The third-order valence-electron chi connectivity index (χ3n) is 8.47. The lowest BCUT2D eigenvalue weighted by molar-refractivity contribution is -0.188. The molecule has 4 rings (SSSR count). The predicted molar refractivity (Wildman–Crippen MR) is 125 cm³/mol. The highest BCUT2D eigenvalue weighted by Gasteiger charge is 2.71. The number of aryl methyl sites for hydroxylation is 1. The smallest absolute Gasteiger partial charge is 0.303 e. The Labute approximate surface area is 202 Å². The topological polar surface area (TPSA) is 96.0 Å². The Morgan fingerprint density at radius 3 is 2.12 bits per heavy atom. The van der Waals surface area contributed by atoms with E-state index in [0.717, 1.165) is 24.0 Å². The molecule has 3 aliphatic rings. The van der Waals surface area contributed by atoms with Crippen molar-refractivity contribution in [3.8, 4) is 0 Å². The number of carbonyl (C=O) groups is 2. The van der Waals surface area contributed by atoms with E-state index in [9.17, 15) is 18.0 Å². The van der Waals surface area contributed by atoms with Gasteiger partial charge < -0.3 is 9.47 Å². The first-order chi connectivity index (χ1) is 15.7. The molecule has 8 heteroatoms.